The predicted octanol–water partition coefficient (Wildman–Crippen LogP) is 8.28. The van der Waals surface area contributed by atoms with E-state index in [2.05, 4.69) is 65.4 Å². The Labute approximate surface area is 348 Å². The fourth-order valence-corrected chi connectivity index (χ4v) is 19.3. The van der Waals surface area contributed by atoms with E-state index < -0.39 is 53.3 Å². The van der Waals surface area contributed by atoms with Crippen molar-refractivity contribution in [3.8, 4) is 11.5 Å². The van der Waals surface area contributed by atoms with Crippen LogP contribution in [0.1, 0.15) is 89.3 Å². The Bertz CT molecular complexity index is 2100. The van der Waals surface area contributed by atoms with Gasteiger partial charge in [0.15, 0.2) is 12.0 Å². The van der Waals surface area contributed by atoms with Gasteiger partial charge in [-0.05, 0) is 83.7 Å². The third-order valence-corrected chi connectivity index (χ3v) is 21.4. The Hall–Kier alpha value is -4.72. The van der Waals surface area contributed by atoms with E-state index in [1.165, 1.54) is 26.6 Å². The number of methoxy groups -OCH3 is 2. The van der Waals surface area contributed by atoms with E-state index in [4.69, 9.17) is 31.9 Å². The first-order valence-electron chi connectivity index (χ1n) is 20.2. The molecule has 6 rings (SSSR count). The molecule has 59 heavy (non-hydrogen) atoms. The van der Waals surface area contributed by atoms with Gasteiger partial charge in [0.2, 0.25) is 0 Å². The fourth-order valence-electron chi connectivity index (χ4n) is 8.10. The summed E-state index contributed by atoms with van der Waals surface area (Å²) in [6.07, 6.45) is 2.21. The molecule has 0 spiro atoms. The van der Waals surface area contributed by atoms with E-state index in [1.807, 2.05) is 0 Å². The minimum absolute atomic E-state index is 0.0253. The van der Waals surface area contributed by atoms with Crippen LogP contribution < -0.4 is 14.4 Å². The Balaban J connectivity index is 1.50. The molecular formula is C43H56N4O10Si2. The number of esters is 1. The second kappa shape index (κ2) is 17.9. The van der Waals surface area contributed by atoms with Crippen molar-refractivity contribution in [2.45, 2.75) is 103 Å². The van der Waals surface area contributed by atoms with Gasteiger partial charge < -0.3 is 36.5 Å². The molecular weight excluding hydrogens is 789 g/mol. The maximum absolute atomic E-state index is 14.4. The molecule has 2 aromatic carbocycles. The van der Waals surface area contributed by atoms with Crippen LogP contribution in [-0.2, 0) is 27.2 Å². The van der Waals surface area contributed by atoms with Crippen LogP contribution in [0, 0.1) is 0 Å². The third-order valence-electron chi connectivity index (χ3n) is 11.2. The van der Waals surface area contributed by atoms with Gasteiger partial charge in [-0.15, -0.1) is 0 Å². The summed E-state index contributed by atoms with van der Waals surface area (Å²) in [5.41, 5.74) is 1.62. The lowest BCUT2D eigenvalue weighted by atomic mass is 10.1. The minimum Gasteiger partial charge on any atom is -0.497 e. The van der Waals surface area contributed by atoms with E-state index in [0.29, 0.717) is 28.1 Å². The molecule has 2 aliphatic heterocycles. The molecule has 0 bridgehead atoms. The normalized spacial score (nSPS) is 20.8. The van der Waals surface area contributed by atoms with Crippen LogP contribution >= 0.6 is 0 Å². The molecule has 2 fully saturated rings. The second-order valence-corrected chi connectivity index (χ2v) is 24.8. The Morgan fingerprint density at radius 1 is 0.814 bits per heavy atom. The molecule has 0 N–H and O–H groups in total. The lowest BCUT2D eigenvalue weighted by Gasteiger charge is -2.51. The maximum atomic E-state index is 14.4. The lowest BCUT2D eigenvalue weighted by molar-refractivity contribution is -0.137. The van der Waals surface area contributed by atoms with Crippen LogP contribution in [0.15, 0.2) is 78.8 Å². The molecule has 2 amide bonds. The smallest absolute Gasteiger partial charge is 0.335 e. The third kappa shape index (κ3) is 8.26. The van der Waals surface area contributed by atoms with Gasteiger partial charge in [0, 0.05) is 29.0 Å². The van der Waals surface area contributed by atoms with Gasteiger partial charge in [-0.3, -0.25) is 9.59 Å². The second-order valence-electron chi connectivity index (χ2n) is 16.0. The first kappa shape index (κ1) is 43.9. The molecule has 3 atom stereocenters. The van der Waals surface area contributed by atoms with Crippen LogP contribution in [0.5, 0.6) is 11.5 Å². The molecule has 0 radical (unpaired) electrons. The number of hydrogen-bond acceptors (Lipinski definition) is 12. The quantitative estimate of drug-likeness (QED) is 0.0585. The fraction of sp³-hybridized carbons (Fsp3) is 0.465. The number of rotatable bonds is 12. The topological polar surface area (TPSA) is 150 Å². The Morgan fingerprint density at radius 3 is 1.85 bits per heavy atom. The van der Waals surface area contributed by atoms with Crippen LogP contribution in [0.4, 0.5) is 5.82 Å². The number of aromatic nitrogens is 3. The number of carbonyl (C=O) groups excluding carboxylic acids is 3. The van der Waals surface area contributed by atoms with Crippen molar-refractivity contribution in [1.82, 2.24) is 14.5 Å². The first-order chi connectivity index (χ1) is 28.1. The number of anilines is 1. The van der Waals surface area contributed by atoms with Gasteiger partial charge in [0.25, 0.3) is 11.8 Å². The largest absolute Gasteiger partial charge is 0.497 e. The number of amides is 2. The summed E-state index contributed by atoms with van der Waals surface area (Å²) in [5, 5.41) is 0.388. The van der Waals surface area contributed by atoms with Crippen molar-refractivity contribution >= 4 is 51.8 Å². The number of hydrogen-bond donors (Lipinski definition) is 0. The summed E-state index contributed by atoms with van der Waals surface area (Å²) < 4.78 is 46.6. The van der Waals surface area contributed by atoms with E-state index in [-0.39, 0.29) is 52.3 Å². The average Bonchev–Trinajstić information content (AvgIpc) is 3.78. The van der Waals surface area contributed by atoms with Crippen molar-refractivity contribution < 1.29 is 46.3 Å². The van der Waals surface area contributed by atoms with Gasteiger partial charge in [-0.2, -0.15) is 0 Å². The number of ether oxygens (including phenoxy) is 4. The lowest BCUT2D eigenvalue weighted by Crippen LogP contribution is -2.65. The van der Waals surface area contributed by atoms with Crippen LogP contribution in [0.2, 0.25) is 22.2 Å². The molecule has 0 aliphatic carbocycles. The molecule has 0 unspecified atom stereocenters. The number of fused-ring (bicyclic) bond motifs is 2. The molecule has 4 heterocycles. The monoisotopic (exact) mass is 844 g/mol. The molecule has 316 valence electrons. The average molecular weight is 845 g/mol. The predicted molar refractivity (Wildman–Crippen MR) is 227 cm³/mol. The molecule has 14 nitrogen and oxygen atoms in total. The zero-order chi connectivity index (χ0) is 42.8. The Kier molecular flexibility index (Phi) is 13.3. The van der Waals surface area contributed by atoms with Crippen molar-refractivity contribution in [2.75, 3.05) is 32.3 Å². The number of nitrogens with zero attached hydrogens (tertiary/aromatic N) is 4. The van der Waals surface area contributed by atoms with Gasteiger partial charge in [0.05, 0.1) is 32.8 Å². The van der Waals surface area contributed by atoms with Crippen molar-refractivity contribution in [3.05, 3.63) is 89.9 Å². The molecule has 16 heteroatoms. The highest BCUT2D eigenvalue weighted by Crippen LogP contribution is 2.50. The van der Waals surface area contributed by atoms with Crippen LogP contribution in [0.25, 0.3) is 11.0 Å². The van der Waals surface area contributed by atoms with Crippen LogP contribution in [0.3, 0.4) is 0 Å². The summed E-state index contributed by atoms with van der Waals surface area (Å²) in [5.74, 6) is -0.620. The van der Waals surface area contributed by atoms with E-state index in [0.717, 1.165) is 4.90 Å². The molecule has 4 aromatic rings. The highest BCUT2D eigenvalue weighted by Gasteiger charge is 2.61. The van der Waals surface area contributed by atoms with Crippen molar-refractivity contribution in [2.24, 2.45) is 0 Å². The number of benzene rings is 2. The van der Waals surface area contributed by atoms with Crippen molar-refractivity contribution in [1.29, 1.82) is 0 Å². The zero-order valence-electron chi connectivity index (χ0n) is 35.8. The summed E-state index contributed by atoms with van der Waals surface area (Å²) in [6.45, 7) is 19.2. The molecule has 2 aromatic heterocycles. The van der Waals surface area contributed by atoms with E-state index in [9.17, 15) is 14.4 Å². The standard InChI is InChI=1S/C43H56N4O10Si2/c1-12-53-37(48)23-35-38-36(24-54-58(26(2)3,27(4)5)57-59(56-38,28(6)7)29(8)9)55-43(35)46-22-21-34-39(46)44-25-45-40(34)47(41(49)30-13-17-32(51-10)18-14-30)42(50)31-15-19-33(52-11)20-16-31/h13-23,25-29,36,38,43H,12,24H2,1-11H3/b35-23+/t36-,38+,43-/m1/s1. The summed E-state index contributed by atoms with van der Waals surface area (Å²) in [7, 11) is -2.99. The van der Waals surface area contributed by atoms with E-state index in [1.54, 1.807) is 72.3 Å². The van der Waals surface area contributed by atoms with Gasteiger partial charge in [0.1, 0.15) is 35.7 Å². The number of carbonyl (C=O) groups is 3. The van der Waals surface area contributed by atoms with E-state index >= 15 is 0 Å². The maximum Gasteiger partial charge on any atom is 0.335 e. The summed E-state index contributed by atoms with van der Waals surface area (Å²) in [4.78, 5) is 52.5. The van der Waals surface area contributed by atoms with Gasteiger partial charge >= 0.3 is 23.1 Å². The SMILES string of the molecule is CCOC(=O)/C=C1/[C@H](n2ccc3c(N(C(=O)c4ccc(OC)cc4)C(=O)c4ccc(OC)cc4)ncnc32)O[C@@H]2CO[Si](C(C)C)(C(C)C)O[Si](C(C)C)(C(C)C)O[C@@H]12. The minimum atomic E-state index is -3.14. The highest BCUT2D eigenvalue weighted by atomic mass is 28.5. The first-order valence-corrected chi connectivity index (χ1v) is 24.1. The summed E-state index contributed by atoms with van der Waals surface area (Å²) >= 11 is 0. The van der Waals surface area contributed by atoms with Crippen molar-refractivity contribution in [3.63, 3.8) is 0 Å². The molecule has 2 aliphatic rings. The zero-order valence-corrected chi connectivity index (χ0v) is 37.8. The number of imide groups is 1. The highest BCUT2D eigenvalue weighted by molar-refractivity contribution is 6.84. The van der Waals surface area contributed by atoms with Gasteiger partial charge in [-0.25, -0.2) is 19.7 Å². The van der Waals surface area contributed by atoms with Gasteiger partial charge in [-0.1, -0.05) is 55.4 Å². The van der Waals surface area contributed by atoms with Crippen LogP contribution in [-0.4, -0.2) is 89.1 Å². The summed E-state index contributed by atoms with van der Waals surface area (Å²) in [6, 6.07) is 14.7. The molecule has 2 saturated heterocycles. The molecule has 0 saturated carbocycles. The Morgan fingerprint density at radius 2 is 1.36 bits per heavy atom.